The van der Waals surface area contributed by atoms with Crippen molar-refractivity contribution in [2.24, 2.45) is 5.41 Å². The molecule has 0 atom stereocenters. The van der Waals surface area contributed by atoms with Crippen LogP contribution in [0.25, 0.3) is 0 Å². The van der Waals surface area contributed by atoms with Crippen molar-refractivity contribution in [2.75, 3.05) is 7.05 Å². The fraction of sp³-hybridized carbons (Fsp3) is 0.818. The summed E-state index contributed by atoms with van der Waals surface area (Å²) in [5.74, 6) is 0. The van der Waals surface area contributed by atoms with Gasteiger partial charge in [-0.3, -0.25) is 0 Å². The average Bonchev–Trinajstić information content (AvgIpc) is 1.99. The first-order valence-corrected chi connectivity index (χ1v) is 5.04. The van der Waals surface area contributed by atoms with E-state index in [4.69, 9.17) is 0 Å². The first-order chi connectivity index (χ1) is 5.76. The van der Waals surface area contributed by atoms with Crippen molar-refractivity contribution >= 4 is 0 Å². The number of hydrogen-bond acceptors (Lipinski definition) is 1. The summed E-state index contributed by atoms with van der Waals surface area (Å²) in [7, 11) is 2.06. The Bertz CT molecular complexity index is 145. The van der Waals surface area contributed by atoms with Gasteiger partial charge in [0, 0.05) is 6.04 Å². The van der Waals surface area contributed by atoms with Gasteiger partial charge >= 0.3 is 0 Å². The molecular weight excluding hydrogens is 146 g/mol. The third-order valence-electron chi connectivity index (χ3n) is 3.12. The van der Waals surface area contributed by atoms with Crippen molar-refractivity contribution in [2.45, 2.75) is 45.1 Å². The van der Waals surface area contributed by atoms with E-state index in [1.54, 1.807) is 0 Å². The molecule has 0 aromatic heterocycles. The minimum absolute atomic E-state index is 0.615. The van der Waals surface area contributed by atoms with Gasteiger partial charge in [0.05, 0.1) is 0 Å². The second kappa shape index (κ2) is 4.08. The van der Waals surface area contributed by atoms with Gasteiger partial charge in [-0.25, -0.2) is 0 Å². The number of nitrogens with one attached hydrogen (secondary N) is 1. The zero-order valence-corrected chi connectivity index (χ0v) is 8.40. The van der Waals surface area contributed by atoms with Crippen LogP contribution in [0.5, 0.6) is 0 Å². The predicted molar refractivity (Wildman–Crippen MR) is 54.2 cm³/mol. The van der Waals surface area contributed by atoms with Gasteiger partial charge in [-0.2, -0.15) is 0 Å². The topological polar surface area (TPSA) is 12.0 Å². The van der Waals surface area contributed by atoms with Gasteiger partial charge in [-0.1, -0.05) is 19.4 Å². The molecule has 0 radical (unpaired) electrons. The Balaban J connectivity index is 2.37. The van der Waals surface area contributed by atoms with Gasteiger partial charge in [0.2, 0.25) is 0 Å². The smallest absolute Gasteiger partial charge is 0.00748 e. The van der Waals surface area contributed by atoms with E-state index < -0.39 is 0 Å². The minimum Gasteiger partial charge on any atom is -0.317 e. The van der Waals surface area contributed by atoms with Crippen LogP contribution in [0.3, 0.4) is 0 Å². The molecule has 0 aromatic rings. The fourth-order valence-corrected chi connectivity index (χ4v) is 2.50. The molecule has 0 amide bonds. The summed E-state index contributed by atoms with van der Waals surface area (Å²) in [4.78, 5) is 0. The third-order valence-corrected chi connectivity index (χ3v) is 3.12. The molecule has 0 saturated heterocycles. The second-order valence-corrected chi connectivity index (χ2v) is 4.14. The molecule has 1 heteroatoms. The molecule has 1 N–H and O–H groups in total. The van der Waals surface area contributed by atoms with Crippen molar-refractivity contribution < 1.29 is 0 Å². The zero-order valence-electron chi connectivity index (χ0n) is 8.40. The molecule has 0 aliphatic heterocycles. The molecular formula is C11H21N. The van der Waals surface area contributed by atoms with Crippen molar-refractivity contribution in [3.63, 3.8) is 0 Å². The van der Waals surface area contributed by atoms with E-state index >= 15 is 0 Å². The third kappa shape index (κ3) is 1.89. The van der Waals surface area contributed by atoms with E-state index in [1.165, 1.54) is 32.1 Å². The van der Waals surface area contributed by atoms with Crippen LogP contribution in [0.1, 0.15) is 39.0 Å². The summed E-state index contributed by atoms with van der Waals surface area (Å²) < 4.78 is 0. The summed E-state index contributed by atoms with van der Waals surface area (Å²) in [5.41, 5.74) is 0.615. The fourth-order valence-electron chi connectivity index (χ4n) is 2.50. The predicted octanol–water partition coefficient (Wildman–Crippen LogP) is 2.73. The molecule has 1 fully saturated rings. The first-order valence-electron chi connectivity index (χ1n) is 5.04. The molecule has 1 nitrogen and oxygen atoms in total. The Labute approximate surface area is 76.2 Å². The van der Waals surface area contributed by atoms with Crippen LogP contribution < -0.4 is 5.32 Å². The second-order valence-electron chi connectivity index (χ2n) is 4.14. The number of hydrogen-bond donors (Lipinski definition) is 1. The maximum atomic E-state index is 3.84. The lowest BCUT2D eigenvalue weighted by Gasteiger charge is -2.47. The summed E-state index contributed by atoms with van der Waals surface area (Å²) in [6, 6.07) is 0.775. The van der Waals surface area contributed by atoms with E-state index in [0.717, 1.165) is 6.04 Å². The van der Waals surface area contributed by atoms with Crippen LogP contribution in [0.15, 0.2) is 12.7 Å². The van der Waals surface area contributed by atoms with Crippen molar-refractivity contribution in [3.05, 3.63) is 12.7 Å². The molecule has 0 spiro atoms. The van der Waals surface area contributed by atoms with Gasteiger partial charge in [0.1, 0.15) is 0 Å². The molecule has 1 aliphatic rings. The highest BCUT2D eigenvalue weighted by molar-refractivity contribution is 4.99. The maximum absolute atomic E-state index is 3.84. The highest BCUT2D eigenvalue weighted by atomic mass is 14.9. The Morgan fingerprint density at radius 1 is 1.58 bits per heavy atom. The molecule has 0 aromatic carbocycles. The van der Waals surface area contributed by atoms with Gasteiger partial charge in [-0.05, 0) is 38.1 Å². The van der Waals surface area contributed by atoms with Gasteiger partial charge in [0.25, 0.3) is 0 Å². The normalized spacial score (nSPS) is 34.3. The lowest BCUT2D eigenvalue weighted by atomic mass is 9.61. The lowest BCUT2D eigenvalue weighted by Crippen LogP contribution is -2.47. The van der Waals surface area contributed by atoms with Crippen LogP contribution in [0, 0.1) is 5.41 Å². The van der Waals surface area contributed by atoms with Crippen LogP contribution in [0.4, 0.5) is 0 Å². The summed E-state index contributed by atoms with van der Waals surface area (Å²) in [6.07, 6.45) is 8.68. The van der Waals surface area contributed by atoms with E-state index in [1.807, 2.05) is 0 Å². The van der Waals surface area contributed by atoms with Gasteiger partial charge in [-0.15, -0.1) is 6.58 Å². The molecule has 1 aliphatic carbocycles. The Morgan fingerprint density at radius 2 is 2.25 bits per heavy atom. The molecule has 0 unspecified atom stereocenters. The molecule has 0 heterocycles. The Morgan fingerprint density at radius 3 is 2.67 bits per heavy atom. The first kappa shape index (κ1) is 9.79. The highest BCUT2D eigenvalue weighted by Crippen LogP contribution is 2.47. The molecule has 1 rings (SSSR count). The SMILES string of the molecule is C=CCC1(CCC)CC(NC)C1. The number of allylic oxidation sites excluding steroid dienone is 1. The van der Waals surface area contributed by atoms with Gasteiger partial charge < -0.3 is 5.32 Å². The Kier molecular flexibility index (Phi) is 3.33. The monoisotopic (exact) mass is 167 g/mol. The van der Waals surface area contributed by atoms with E-state index in [-0.39, 0.29) is 0 Å². The number of rotatable bonds is 5. The minimum atomic E-state index is 0.615. The van der Waals surface area contributed by atoms with Crippen molar-refractivity contribution in [1.82, 2.24) is 5.32 Å². The van der Waals surface area contributed by atoms with Crippen molar-refractivity contribution in [1.29, 1.82) is 0 Å². The summed E-state index contributed by atoms with van der Waals surface area (Å²) in [6.45, 7) is 6.12. The van der Waals surface area contributed by atoms with Crippen molar-refractivity contribution in [3.8, 4) is 0 Å². The van der Waals surface area contributed by atoms with E-state index in [0.29, 0.717) is 5.41 Å². The molecule has 12 heavy (non-hydrogen) atoms. The summed E-state index contributed by atoms with van der Waals surface area (Å²) in [5, 5.41) is 3.34. The maximum Gasteiger partial charge on any atom is 0.00748 e. The van der Waals surface area contributed by atoms with Crippen LogP contribution in [-0.4, -0.2) is 13.1 Å². The average molecular weight is 167 g/mol. The van der Waals surface area contributed by atoms with Crippen LogP contribution in [0.2, 0.25) is 0 Å². The van der Waals surface area contributed by atoms with Crippen LogP contribution >= 0.6 is 0 Å². The van der Waals surface area contributed by atoms with Gasteiger partial charge in [0.15, 0.2) is 0 Å². The zero-order chi connectivity index (χ0) is 9.03. The van der Waals surface area contributed by atoms with E-state index in [2.05, 4.69) is 31.9 Å². The summed E-state index contributed by atoms with van der Waals surface area (Å²) >= 11 is 0. The molecule has 0 bridgehead atoms. The molecule has 1 saturated carbocycles. The van der Waals surface area contributed by atoms with Crippen LogP contribution in [-0.2, 0) is 0 Å². The Hall–Kier alpha value is -0.300. The highest BCUT2D eigenvalue weighted by Gasteiger charge is 2.41. The molecule has 70 valence electrons. The van der Waals surface area contributed by atoms with E-state index in [9.17, 15) is 0 Å². The lowest BCUT2D eigenvalue weighted by molar-refractivity contribution is 0.0779. The quantitative estimate of drug-likeness (QED) is 0.621. The standard InChI is InChI=1S/C11H21N/c1-4-6-11(7-5-2)8-10(9-11)12-3/h4,10,12H,1,5-9H2,2-3H3. The largest absolute Gasteiger partial charge is 0.317 e.